The first kappa shape index (κ1) is 19.5. The number of nitrogens with two attached hydrogens (primary N) is 2. The number of carbonyl (C=O) groups excluding carboxylic acids is 1. The van der Waals surface area contributed by atoms with Crippen molar-refractivity contribution in [2.75, 3.05) is 22.1 Å². The molecule has 1 aliphatic heterocycles. The third-order valence-corrected chi connectivity index (χ3v) is 4.63. The fraction of sp³-hybridized carbons (Fsp3) is 0.211. The molecule has 1 amide bonds. The molecule has 3 rings (SSSR count). The van der Waals surface area contributed by atoms with Crippen LogP contribution >= 0.6 is 0 Å². The van der Waals surface area contributed by atoms with Gasteiger partial charge in [0.1, 0.15) is 29.3 Å². The number of hydrogen-bond acceptors (Lipinski definition) is 9. The summed E-state index contributed by atoms with van der Waals surface area (Å²) in [5.41, 5.74) is 15.9. The van der Waals surface area contributed by atoms with Crippen LogP contribution in [-0.4, -0.2) is 16.9 Å². The molecule has 1 aromatic heterocycles. The molecule has 0 bridgehead atoms. The van der Waals surface area contributed by atoms with Crippen LogP contribution in [-0.2, 0) is 4.79 Å². The van der Waals surface area contributed by atoms with Gasteiger partial charge in [-0.2, -0.15) is 10.5 Å². The first-order valence-electron chi connectivity index (χ1n) is 8.64. The van der Waals surface area contributed by atoms with Gasteiger partial charge in [0.25, 0.3) is 0 Å². The number of hydrogen-bond donors (Lipinski definition) is 5. The zero-order valence-corrected chi connectivity index (χ0v) is 16.1. The highest BCUT2D eigenvalue weighted by Crippen LogP contribution is 2.43. The highest BCUT2D eigenvalue weighted by atomic mass is 16.1. The zero-order chi connectivity index (χ0) is 21.3. The van der Waals surface area contributed by atoms with Crippen LogP contribution in [0.2, 0.25) is 0 Å². The summed E-state index contributed by atoms with van der Waals surface area (Å²) < 4.78 is 0. The van der Waals surface area contributed by atoms with Gasteiger partial charge in [-0.1, -0.05) is 6.07 Å². The molecule has 0 aliphatic carbocycles. The van der Waals surface area contributed by atoms with E-state index in [0.717, 1.165) is 11.1 Å². The Morgan fingerprint density at radius 1 is 1.24 bits per heavy atom. The Hall–Kier alpha value is -4.31. The van der Waals surface area contributed by atoms with Gasteiger partial charge in [0.05, 0.1) is 5.69 Å². The summed E-state index contributed by atoms with van der Waals surface area (Å²) in [5, 5.41) is 26.6. The van der Waals surface area contributed by atoms with Gasteiger partial charge >= 0.3 is 0 Å². The van der Waals surface area contributed by atoms with E-state index in [1.165, 1.54) is 6.92 Å². The molecule has 0 radical (unpaired) electrons. The quantitative estimate of drug-likeness (QED) is 0.380. The van der Waals surface area contributed by atoms with E-state index in [1.807, 2.05) is 32.0 Å². The molecule has 1 unspecified atom stereocenters. The van der Waals surface area contributed by atoms with Crippen molar-refractivity contribution in [3.63, 3.8) is 0 Å². The highest BCUT2D eigenvalue weighted by molar-refractivity contribution is 5.99. The Morgan fingerprint density at radius 2 is 1.93 bits per heavy atom. The number of aryl methyl sites for hydroxylation is 2. The van der Waals surface area contributed by atoms with E-state index >= 15 is 0 Å². The van der Waals surface area contributed by atoms with Gasteiger partial charge in [0, 0.05) is 23.7 Å². The highest BCUT2D eigenvalue weighted by Gasteiger charge is 2.31. The molecule has 0 spiro atoms. The van der Waals surface area contributed by atoms with Gasteiger partial charge in [-0.25, -0.2) is 9.98 Å². The molecule has 2 heterocycles. The van der Waals surface area contributed by atoms with E-state index in [0.29, 0.717) is 16.8 Å². The number of nitrogen functional groups attached to an aromatic ring is 2. The molecule has 0 saturated carbocycles. The van der Waals surface area contributed by atoms with Gasteiger partial charge in [0.2, 0.25) is 11.9 Å². The number of aliphatic imine (C=N–C) groups is 1. The lowest BCUT2D eigenvalue weighted by molar-refractivity contribution is -0.114. The Balaban J connectivity index is 2.32. The second-order valence-corrected chi connectivity index (χ2v) is 6.61. The lowest BCUT2D eigenvalue weighted by Crippen LogP contribution is -2.33. The van der Waals surface area contributed by atoms with Crippen molar-refractivity contribution in [2.45, 2.75) is 26.8 Å². The van der Waals surface area contributed by atoms with Crippen molar-refractivity contribution >= 4 is 34.9 Å². The lowest BCUT2D eigenvalue weighted by atomic mass is 9.91. The SMILES string of the molecule is CC(=O)Nc1cc(C)c(C)cc1C1N=C(NC#N)Nc2nc(N)c(C#N)c(N)c21. The minimum Gasteiger partial charge on any atom is -0.397 e. The predicted molar refractivity (Wildman–Crippen MR) is 110 cm³/mol. The average molecular weight is 389 g/mol. The molecule has 146 valence electrons. The van der Waals surface area contributed by atoms with Crippen LogP contribution in [0.4, 0.5) is 23.0 Å². The van der Waals surface area contributed by atoms with Gasteiger partial charge < -0.3 is 22.1 Å². The summed E-state index contributed by atoms with van der Waals surface area (Å²) in [6.45, 7) is 5.27. The van der Waals surface area contributed by atoms with Crippen molar-refractivity contribution in [1.82, 2.24) is 10.3 Å². The summed E-state index contributed by atoms with van der Waals surface area (Å²) in [5.74, 6) is 0.149. The molecule has 29 heavy (non-hydrogen) atoms. The second-order valence-electron chi connectivity index (χ2n) is 6.61. The maximum atomic E-state index is 11.8. The number of amides is 1. The molecular weight excluding hydrogens is 370 g/mol. The van der Waals surface area contributed by atoms with Crippen LogP contribution in [0.25, 0.3) is 0 Å². The third-order valence-electron chi connectivity index (χ3n) is 4.63. The number of fused-ring (bicyclic) bond motifs is 1. The van der Waals surface area contributed by atoms with Crippen molar-refractivity contribution < 1.29 is 4.79 Å². The molecule has 10 heteroatoms. The molecule has 1 aromatic carbocycles. The van der Waals surface area contributed by atoms with Crippen molar-refractivity contribution in [3.05, 3.63) is 39.9 Å². The fourth-order valence-electron chi connectivity index (χ4n) is 3.17. The topological polar surface area (TPSA) is 178 Å². The smallest absolute Gasteiger partial charge is 0.221 e. The summed E-state index contributed by atoms with van der Waals surface area (Å²) in [6.07, 6.45) is 1.80. The lowest BCUT2D eigenvalue weighted by Gasteiger charge is -2.28. The number of nitrogens with zero attached hydrogens (tertiary/aromatic N) is 4. The number of aromatic nitrogens is 1. The molecule has 0 saturated heterocycles. The first-order chi connectivity index (χ1) is 13.8. The standard InChI is InChI=1S/C19H19N9O/c1-8-4-11(13(5-9(8)2)25-10(3)29)16-14-15(22)12(6-20)17(23)27-18(14)28-19(26-16)24-7-21/h4-5,16H,1-3H3,(H,25,29)(H6,22,23,24,26,27,28). The van der Waals surface area contributed by atoms with E-state index in [-0.39, 0.29) is 34.8 Å². The summed E-state index contributed by atoms with van der Waals surface area (Å²) in [6, 6.07) is 4.95. The minimum absolute atomic E-state index is 0.0321. The normalized spacial score (nSPS) is 14.5. The van der Waals surface area contributed by atoms with E-state index in [9.17, 15) is 10.1 Å². The predicted octanol–water partition coefficient (Wildman–Crippen LogP) is 1.63. The van der Waals surface area contributed by atoms with Crippen LogP contribution in [0.5, 0.6) is 0 Å². The molecule has 0 fully saturated rings. The monoisotopic (exact) mass is 389 g/mol. The Morgan fingerprint density at radius 3 is 2.55 bits per heavy atom. The number of nitriles is 2. The first-order valence-corrected chi connectivity index (χ1v) is 8.64. The number of rotatable bonds is 2. The summed E-state index contributed by atoms with van der Waals surface area (Å²) in [7, 11) is 0. The Kier molecular flexibility index (Phi) is 4.94. The average Bonchev–Trinajstić information content (AvgIpc) is 2.64. The van der Waals surface area contributed by atoms with Crippen LogP contribution in [0.3, 0.4) is 0 Å². The number of guanidine groups is 1. The van der Waals surface area contributed by atoms with Crippen molar-refractivity contribution in [2.24, 2.45) is 4.99 Å². The van der Waals surface area contributed by atoms with E-state index in [2.05, 4.69) is 25.9 Å². The molecule has 1 atom stereocenters. The number of anilines is 4. The molecule has 1 aliphatic rings. The molecule has 7 N–H and O–H groups in total. The molecule has 10 nitrogen and oxygen atoms in total. The van der Waals surface area contributed by atoms with Crippen LogP contribution in [0.15, 0.2) is 17.1 Å². The number of carbonyl (C=O) groups is 1. The fourth-order valence-corrected chi connectivity index (χ4v) is 3.17. The number of benzene rings is 1. The van der Waals surface area contributed by atoms with E-state index in [1.54, 1.807) is 6.19 Å². The maximum absolute atomic E-state index is 11.8. The van der Waals surface area contributed by atoms with Gasteiger partial charge in [-0.3, -0.25) is 10.1 Å². The van der Waals surface area contributed by atoms with Gasteiger partial charge in [0.15, 0.2) is 6.19 Å². The molecular formula is C19H19N9O. The van der Waals surface area contributed by atoms with E-state index < -0.39 is 6.04 Å². The molecule has 2 aromatic rings. The number of nitrogens with one attached hydrogen (secondary N) is 3. The second kappa shape index (κ2) is 7.37. The summed E-state index contributed by atoms with van der Waals surface area (Å²) >= 11 is 0. The van der Waals surface area contributed by atoms with E-state index in [4.69, 9.17) is 16.7 Å². The Bertz CT molecular complexity index is 1140. The van der Waals surface area contributed by atoms with Crippen LogP contribution in [0, 0.1) is 36.6 Å². The number of pyridine rings is 1. The van der Waals surface area contributed by atoms with Gasteiger partial charge in [-0.05, 0) is 31.0 Å². The van der Waals surface area contributed by atoms with Crippen molar-refractivity contribution in [1.29, 1.82) is 10.5 Å². The van der Waals surface area contributed by atoms with Crippen LogP contribution < -0.4 is 27.4 Å². The maximum Gasteiger partial charge on any atom is 0.221 e. The minimum atomic E-state index is -0.733. The largest absolute Gasteiger partial charge is 0.397 e. The van der Waals surface area contributed by atoms with Gasteiger partial charge in [-0.15, -0.1) is 0 Å². The van der Waals surface area contributed by atoms with Crippen molar-refractivity contribution in [3.8, 4) is 12.3 Å². The van der Waals surface area contributed by atoms with Crippen LogP contribution in [0.1, 0.15) is 40.8 Å². The third kappa shape index (κ3) is 3.47. The zero-order valence-electron chi connectivity index (χ0n) is 16.1. The summed E-state index contributed by atoms with van der Waals surface area (Å²) in [4.78, 5) is 20.5. The Labute approximate surface area is 167 Å².